The van der Waals surface area contributed by atoms with Gasteiger partial charge in [-0.05, 0) is 36.8 Å². The first-order chi connectivity index (χ1) is 9.63. The van der Waals surface area contributed by atoms with Crippen LogP contribution in [-0.2, 0) is 6.54 Å². The maximum absolute atomic E-state index is 9.13. The highest BCUT2D eigenvalue weighted by molar-refractivity contribution is 6.36. The lowest BCUT2D eigenvalue weighted by atomic mass is 10.2. The summed E-state index contributed by atoms with van der Waals surface area (Å²) >= 11 is 12.0. The van der Waals surface area contributed by atoms with E-state index in [0.717, 1.165) is 17.7 Å². The number of benzene rings is 1. The Bertz CT molecular complexity index is 565. The molecule has 108 valence electrons. The summed E-state index contributed by atoms with van der Waals surface area (Å²) < 4.78 is 5.76. The van der Waals surface area contributed by atoms with Crippen molar-refractivity contribution in [3.63, 3.8) is 0 Å². The number of halogens is 2. The van der Waals surface area contributed by atoms with Crippen molar-refractivity contribution in [2.24, 2.45) is 0 Å². The molecule has 0 saturated heterocycles. The third-order valence-electron chi connectivity index (χ3n) is 3.14. The summed E-state index contributed by atoms with van der Waals surface area (Å²) in [5.74, 6) is 1.51. The summed E-state index contributed by atoms with van der Waals surface area (Å²) in [6.07, 6.45) is 0.868. The summed E-state index contributed by atoms with van der Waals surface area (Å²) in [5.41, 5.74) is 0.816. The highest BCUT2D eigenvalue weighted by atomic mass is 35.5. The number of rotatable bonds is 6. The molecule has 0 fully saturated rings. The Labute approximate surface area is 128 Å². The van der Waals surface area contributed by atoms with Crippen LogP contribution in [0.2, 0.25) is 10.0 Å². The molecule has 0 saturated carbocycles. The fourth-order valence-electron chi connectivity index (χ4n) is 1.89. The van der Waals surface area contributed by atoms with Gasteiger partial charge in [-0.2, -0.15) is 0 Å². The molecule has 3 nitrogen and oxygen atoms in total. The van der Waals surface area contributed by atoms with Gasteiger partial charge in [-0.3, -0.25) is 0 Å². The van der Waals surface area contributed by atoms with Gasteiger partial charge in [0.05, 0.1) is 18.2 Å². The summed E-state index contributed by atoms with van der Waals surface area (Å²) in [5, 5.41) is 13.5. The van der Waals surface area contributed by atoms with E-state index in [1.165, 1.54) is 0 Å². The monoisotopic (exact) mass is 313 g/mol. The zero-order valence-electron chi connectivity index (χ0n) is 11.2. The molecule has 2 N–H and O–H groups in total. The minimum atomic E-state index is 0.0858. The van der Waals surface area contributed by atoms with Crippen LogP contribution >= 0.6 is 23.2 Å². The van der Waals surface area contributed by atoms with Gasteiger partial charge in [0.15, 0.2) is 0 Å². The predicted octanol–water partition coefficient (Wildman–Crippen LogP) is 4.11. The van der Waals surface area contributed by atoms with E-state index in [0.29, 0.717) is 22.4 Å². The highest BCUT2D eigenvalue weighted by Crippen LogP contribution is 2.31. The van der Waals surface area contributed by atoms with Gasteiger partial charge in [-0.1, -0.05) is 30.1 Å². The van der Waals surface area contributed by atoms with Crippen molar-refractivity contribution >= 4 is 23.2 Å². The number of nitrogens with one attached hydrogen (secondary N) is 1. The Balaban J connectivity index is 2.08. The van der Waals surface area contributed by atoms with Crippen molar-refractivity contribution in [3.05, 3.63) is 46.1 Å². The van der Waals surface area contributed by atoms with Crippen molar-refractivity contribution in [2.75, 3.05) is 6.61 Å². The third-order valence-corrected chi connectivity index (χ3v) is 3.68. The molecule has 5 heteroatoms. The third kappa shape index (κ3) is 3.76. The summed E-state index contributed by atoms with van der Waals surface area (Å²) in [6.45, 7) is 2.71. The lowest BCUT2D eigenvalue weighted by Gasteiger charge is -2.12. The smallest absolute Gasteiger partial charge is 0.135 e. The Morgan fingerprint density at radius 2 is 2.05 bits per heavy atom. The first kappa shape index (κ1) is 15.4. The van der Waals surface area contributed by atoms with Crippen molar-refractivity contribution in [1.29, 1.82) is 0 Å². The second kappa shape index (κ2) is 7.14. The first-order valence-electron chi connectivity index (χ1n) is 6.52. The molecular formula is C15H17Cl2NO2. The quantitative estimate of drug-likeness (QED) is 0.843. The van der Waals surface area contributed by atoms with Crippen molar-refractivity contribution in [2.45, 2.75) is 25.9 Å². The molecule has 0 spiro atoms. The predicted molar refractivity (Wildman–Crippen MR) is 82.2 cm³/mol. The van der Waals surface area contributed by atoms with E-state index in [1.54, 1.807) is 12.1 Å². The number of aliphatic hydroxyl groups excluding tert-OH is 1. The van der Waals surface area contributed by atoms with Crippen LogP contribution in [0.25, 0.3) is 11.3 Å². The Hall–Kier alpha value is -1.00. The Morgan fingerprint density at radius 3 is 2.70 bits per heavy atom. The molecule has 0 radical (unpaired) electrons. The van der Waals surface area contributed by atoms with Gasteiger partial charge in [0.25, 0.3) is 0 Å². The van der Waals surface area contributed by atoms with Crippen LogP contribution in [0.15, 0.2) is 34.7 Å². The van der Waals surface area contributed by atoms with Crippen LogP contribution in [-0.4, -0.2) is 17.8 Å². The van der Waals surface area contributed by atoms with Crippen LogP contribution in [0.4, 0.5) is 0 Å². The molecule has 0 aliphatic rings. The minimum absolute atomic E-state index is 0.0858. The van der Waals surface area contributed by atoms with Gasteiger partial charge in [0, 0.05) is 16.6 Å². The fourth-order valence-corrected chi connectivity index (χ4v) is 2.39. The van der Waals surface area contributed by atoms with E-state index in [9.17, 15) is 0 Å². The zero-order chi connectivity index (χ0) is 14.5. The maximum Gasteiger partial charge on any atom is 0.135 e. The molecule has 2 aromatic rings. The van der Waals surface area contributed by atoms with E-state index >= 15 is 0 Å². The van der Waals surface area contributed by atoms with E-state index in [-0.39, 0.29) is 12.6 Å². The number of furan rings is 1. The molecule has 1 atom stereocenters. The molecule has 1 heterocycles. The Kier molecular flexibility index (Phi) is 5.49. The minimum Gasteiger partial charge on any atom is -0.460 e. The van der Waals surface area contributed by atoms with Gasteiger partial charge in [-0.25, -0.2) is 0 Å². The van der Waals surface area contributed by atoms with Gasteiger partial charge in [0.2, 0.25) is 0 Å². The molecule has 0 unspecified atom stereocenters. The molecule has 0 aliphatic heterocycles. The molecule has 1 aromatic heterocycles. The van der Waals surface area contributed by atoms with Gasteiger partial charge in [-0.15, -0.1) is 0 Å². The van der Waals surface area contributed by atoms with E-state index < -0.39 is 0 Å². The zero-order valence-corrected chi connectivity index (χ0v) is 12.7. The van der Waals surface area contributed by atoms with E-state index in [2.05, 4.69) is 5.32 Å². The second-order valence-corrected chi connectivity index (χ2v) is 5.40. The maximum atomic E-state index is 9.13. The van der Waals surface area contributed by atoms with E-state index in [4.69, 9.17) is 32.7 Å². The topological polar surface area (TPSA) is 45.4 Å². The van der Waals surface area contributed by atoms with Crippen LogP contribution in [0.1, 0.15) is 19.1 Å². The molecule has 0 amide bonds. The van der Waals surface area contributed by atoms with Crippen LogP contribution < -0.4 is 5.32 Å². The van der Waals surface area contributed by atoms with Gasteiger partial charge < -0.3 is 14.8 Å². The SMILES string of the molecule is CC[C@@H](CO)NCc1ccc(-c2ccc(Cl)cc2Cl)o1. The number of aliphatic hydroxyl groups is 1. The van der Waals surface area contributed by atoms with Gasteiger partial charge in [0.1, 0.15) is 11.5 Å². The first-order valence-corrected chi connectivity index (χ1v) is 7.28. The van der Waals surface area contributed by atoms with Crippen LogP contribution in [0, 0.1) is 0 Å². The average Bonchev–Trinajstić information content (AvgIpc) is 2.88. The molecular weight excluding hydrogens is 297 g/mol. The lowest BCUT2D eigenvalue weighted by Crippen LogP contribution is -2.30. The second-order valence-electron chi connectivity index (χ2n) is 4.56. The van der Waals surface area contributed by atoms with Gasteiger partial charge >= 0.3 is 0 Å². The average molecular weight is 314 g/mol. The number of hydrogen-bond acceptors (Lipinski definition) is 3. The van der Waals surface area contributed by atoms with Crippen molar-refractivity contribution in [3.8, 4) is 11.3 Å². The largest absolute Gasteiger partial charge is 0.460 e. The van der Waals surface area contributed by atoms with Crippen molar-refractivity contribution in [1.82, 2.24) is 5.32 Å². The lowest BCUT2D eigenvalue weighted by molar-refractivity contribution is 0.235. The molecule has 0 aliphatic carbocycles. The molecule has 0 bridgehead atoms. The highest BCUT2D eigenvalue weighted by Gasteiger charge is 2.10. The summed E-state index contributed by atoms with van der Waals surface area (Å²) in [6, 6.07) is 9.18. The van der Waals surface area contributed by atoms with Crippen molar-refractivity contribution < 1.29 is 9.52 Å². The molecule has 20 heavy (non-hydrogen) atoms. The number of hydrogen-bond donors (Lipinski definition) is 2. The summed E-state index contributed by atoms with van der Waals surface area (Å²) in [4.78, 5) is 0. The summed E-state index contributed by atoms with van der Waals surface area (Å²) in [7, 11) is 0. The standard InChI is InChI=1S/C15H17Cl2NO2/c1-2-11(9-19)18-8-12-4-6-15(20-12)13-5-3-10(16)7-14(13)17/h3-7,11,18-19H,2,8-9H2,1H3/t11-/m0/s1. The Morgan fingerprint density at radius 1 is 1.25 bits per heavy atom. The fraction of sp³-hybridized carbons (Fsp3) is 0.333. The molecule has 1 aromatic carbocycles. The molecule has 2 rings (SSSR count). The van der Waals surface area contributed by atoms with Crippen LogP contribution in [0.3, 0.4) is 0 Å². The van der Waals surface area contributed by atoms with Crippen LogP contribution in [0.5, 0.6) is 0 Å². The van der Waals surface area contributed by atoms with E-state index in [1.807, 2.05) is 25.1 Å². The normalized spacial score (nSPS) is 12.6.